The van der Waals surface area contributed by atoms with Gasteiger partial charge in [-0.05, 0) is 63.4 Å². The summed E-state index contributed by atoms with van der Waals surface area (Å²) < 4.78 is 11.6. The fourth-order valence-electron chi connectivity index (χ4n) is 7.68. The lowest BCUT2D eigenvalue weighted by Gasteiger charge is -2.54. The highest BCUT2D eigenvalue weighted by molar-refractivity contribution is 8.01. The molecule has 6 rings (SSSR count). The lowest BCUT2D eigenvalue weighted by molar-refractivity contribution is -0.144. The number of nitriles is 1. The Morgan fingerprint density at radius 3 is 2.86 bits per heavy atom. The van der Waals surface area contributed by atoms with Crippen LogP contribution < -0.4 is 15.4 Å². The molecule has 10 nitrogen and oxygen atoms in total. The number of carbonyl (C=O) groups excluding carboxylic acids is 2. The Bertz CT molecular complexity index is 1260. The third-order valence-electron chi connectivity index (χ3n) is 9.97. The number of carbonyl (C=O) groups is 2. The first kappa shape index (κ1) is 29.6. The minimum absolute atomic E-state index is 0.0349. The molecule has 1 amide bonds. The van der Waals surface area contributed by atoms with Crippen molar-refractivity contribution in [3.05, 3.63) is 36.4 Å². The van der Waals surface area contributed by atoms with E-state index in [2.05, 4.69) is 46.2 Å². The highest BCUT2D eigenvalue weighted by atomic mass is 32.2. The second kappa shape index (κ2) is 12.3. The van der Waals surface area contributed by atoms with Crippen LogP contribution in [-0.4, -0.2) is 109 Å². The molecule has 0 radical (unpaired) electrons. The smallest absolute Gasteiger partial charge is 0.246 e. The molecule has 4 fully saturated rings. The SMILES string of the molecule is C=CC(=O)N1CCN(C2NC(OCC3CCCN3C)NC3C(=O)[C@@]4(CCC32)Cc2cccc(OC)c2S4)CC1CC#N. The summed E-state index contributed by atoms with van der Waals surface area (Å²) in [6.07, 6.45) is 5.62. The minimum Gasteiger partial charge on any atom is -0.496 e. The first-order chi connectivity index (χ1) is 20.4. The number of benzene rings is 1. The van der Waals surface area contributed by atoms with Gasteiger partial charge < -0.3 is 19.3 Å². The van der Waals surface area contributed by atoms with E-state index in [-0.39, 0.29) is 42.3 Å². The molecule has 0 aromatic heterocycles. The van der Waals surface area contributed by atoms with Crippen LogP contribution >= 0.6 is 11.8 Å². The fraction of sp³-hybridized carbons (Fsp3) is 0.645. The Kier molecular flexibility index (Phi) is 8.65. The molecule has 1 aliphatic carbocycles. The van der Waals surface area contributed by atoms with Gasteiger partial charge in [-0.15, -0.1) is 11.8 Å². The molecule has 42 heavy (non-hydrogen) atoms. The number of hydrogen-bond donors (Lipinski definition) is 2. The Morgan fingerprint density at radius 2 is 2.12 bits per heavy atom. The number of thioether (sulfide) groups is 1. The van der Waals surface area contributed by atoms with E-state index >= 15 is 0 Å². The molecule has 1 spiro atoms. The summed E-state index contributed by atoms with van der Waals surface area (Å²) in [6, 6.07) is 8.11. The molecule has 11 heteroatoms. The zero-order valence-corrected chi connectivity index (χ0v) is 25.4. The lowest BCUT2D eigenvalue weighted by atomic mass is 9.72. The molecule has 3 saturated heterocycles. The van der Waals surface area contributed by atoms with Gasteiger partial charge in [0.1, 0.15) is 5.75 Å². The molecule has 7 atom stereocenters. The number of amides is 1. The lowest BCUT2D eigenvalue weighted by Crippen LogP contribution is -2.75. The van der Waals surface area contributed by atoms with Crippen molar-refractivity contribution in [1.29, 1.82) is 5.26 Å². The van der Waals surface area contributed by atoms with Crippen LogP contribution in [-0.2, 0) is 20.7 Å². The van der Waals surface area contributed by atoms with Crippen LogP contribution in [0.5, 0.6) is 5.75 Å². The highest BCUT2D eigenvalue weighted by Gasteiger charge is 2.57. The number of nitrogens with one attached hydrogen (secondary N) is 2. The largest absolute Gasteiger partial charge is 0.496 e. The van der Waals surface area contributed by atoms with Gasteiger partial charge in [-0.25, -0.2) is 0 Å². The molecule has 1 saturated carbocycles. The van der Waals surface area contributed by atoms with Crippen molar-refractivity contribution in [2.24, 2.45) is 5.92 Å². The Balaban J connectivity index is 1.25. The molecule has 0 bridgehead atoms. The first-order valence-corrected chi connectivity index (χ1v) is 16.0. The van der Waals surface area contributed by atoms with Gasteiger partial charge in [0.2, 0.25) is 5.91 Å². The van der Waals surface area contributed by atoms with Crippen LogP contribution in [0.2, 0.25) is 0 Å². The maximum absolute atomic E-state index is 14.5. The highest BCUT2D eigenvalue weighted by Crippen LogP contribution is 2.55. The summed E-state index contributed by atoms with van der Waals surface area (Å²) >= 11 is 1.67. The van der Waals surface area contributed by atoms with Gasteiger partial charge in [0.25, 0.3) is 0 Å². The van der Waals surface area contributed by atoms with Crippen molar-refractivity contribution < 1.29 is 19.1 Å². The zero-order valence-electron chi connectivity index (χ0n) is 24.6. The van der Waals surface area contributed by atoms with E-state index in [1.807, 2.05) is 12.1 Å². The van der Waals surface area contributed by atoms with Crippen molar-refractivity contribution in [3.63, 3.8) is 0 Å². The van der Waals surface area contributed by atoms with Gasteiger partial charge in [0.05, 0.1) is 54.1 Å². The molecule has 4 heterocycles. The normalized spacial score (nSPS) is 35.1. The standard InChI is InChI=1S/C31H42N6O4S/c1-4-25(38)37-16-15-36(18-21(37)11-13-32)29-23-10-12-31(17-20-7-5-9-24(40-3)27(20)42-31)28(39)26(23)33-30(34-29)41-19-22-8-6-14-35(22)2/h4-5,7,9,21-23,26,29-30,33-34H,1,6,8,10-12,14-19H2,2-3H3/t21?,22?,23?,26?,29?,30?,31-/m1/s1. The van der Waals surface area contributed by atoms with Crippen LogP contribution in [0.1, 0.15) is 37.7 Å². The second-order valence-corrected chi connectivity index (χ2v) is 13.7. The monoisotopic (exact) mass is 594 g/mol. The molecule has 226 valence electrons. The number of methoxy groups -OCH3 is 1. The number of ketones is 1. The third-order valence-corrected chi connectivity index (χ3v) is 11.6. The molecule has 1 aromatic carbocycles. The summed E-state index contributed by atoms with van der Waals surface area (Å²) in [5, 5.41) is 16.8. The maximum atomic E-state index is 14.5. The van der Waals surface area contributed by atoms with Crippen LogP contribution in [0.15, 0.2) is 35.7 Å². The van der Waals surface area contributed by atoms with E-state index in [1.54, 1.807) is 23.8 Å². The summed E-state index contributed by atoms with van der Waals surface area (Å²) in [7, 11) is 3.82. The maximum Gasteiger partial charge on any atom is 0.246 e. The Labute approximate surface area is 252 Å². The number of fused-ring (bicyclic) bond motifs is 2. The predicted octanol–water partition coefficient (Wildman–Crippen LogP) is 1.96. The number of nitrogens with zero attached hydrogens (tertiary/aromatic N) is 4. The molecule has 5 aliphatic rings. The number of likely N-dealkylation sites (N-methyl/N-ethyl adjacent to an activating group) is 1. The Hall–Kier alpha value is -2.46. The number of hydrogen-bond acceptors (Lipinski definition) is 10. The van der Waals surface area contributed by atoms with Crippen molar-refractivity contribution in [1.82, 2.24) is 25.3 Å². The molecule has 6 unspecified atom stereocenters. The number of likely N-dealkylation sites (tertiary alicyclic amines) is 1. The van der Waals surface area contributed by atoms with Gasteiger partial charge in [-0.1, -0.05) is 18.7 Å². The summed E-state index contributed by atoms with van der Waals surface area (Å²) in [5.74, 6) is 0.954. The van der Waals surface area contributed by atoms with Gasteiger partial charge in [0, 0.05) is 31.6 Å². The number of rotatable bonds is 7. The number of Topliss-reactive ketones (excluding diaryl/α,β-unsaturated/α-hetero) is 1. The van der Waals surface area contributed by atoms with Crippen LogP contribution in [0.25, 0.3) is 0 Å². The van der Waals surface area contributed by atoms with E-state index in [1.165, 1.54) is 18.1 Å². The topological polar surface area (TPSA) is 110 Å². The zero-order chi connectivity index (χ0) is 29.4. The van der Waals surface area contributed by atoms with E-state index in [0.29, 0.717) is 38.7 Å². The van der Waals surface area contributed by atoms with Gasteiger partial charge in [-0.3, -0.25) is 25.1 Å². The van der Waals surface area contributed by atoms with Crippen molar-refractivity contribution in [2.75, 3.05) is 46.9 Å². The predicted molar refractivity (Wildman–Crippen MR) is 160 cm³/mol. The summed E-state index contributed by atoms with van der Waals surface area (Å²) in [5.41, 5.74) is 1.18. The second-order valence-electron chi connectivity index (χ2n) is 12.3. The summed E-state index contributed by atoms with van der Waals surface area (Å²) in [4.78, 5) is 34.6. The average molecular weight is 595 g/mol. The number of ether oxygens (including phenoxy) is 2. The first-order valence-electron chi connectivity index (χ1n) is 15.1. The van der Waals surface area contributed by atoms with E-state index < -0.39 is 11.1 Å². The summed E-state index contributed by atoms with van der Waals surface area (Å²) in [6.45, 7) is 7.04. The molecule has 4 aliphatic heterocycles. The quantitative estimate of drug-likeness (QED) is 0.455. The molecular weight excluding hydrogens is 552 g/mol. The van der Waals surface area contributed by atoms with Gasteiger partial charge in [-0.2, -0.15) is 5.26 Å². The average Bonchev–Trinajstić information content (AvgIpc) is 3.60. The van der Waals surface area contributed by atoms with E-state index in [0.717, 1.165) is 36.5 Å². The van der Waals surface area contributed by atoms with Crippen molar-refractivity contribution >= 4 is 23.5 Å². The molecular formula is C31H42N6O4S. The Morgan fingerprint density at radius 1 is 1.26 bits per heavy atom. The van der Waals surface area contributed by atoms with Gasteiger partial charge in [0.15, 0.2) is 12.1 Å². The minimum atomic E-state index is -0.526. The molecule has 2 N–H and O–H groups in total. The number of piperazine rings is 1. The third kappa shape index (κ3) is 5.38. The van der Waals surface area contributed by atoms with E-state index in [4.69, 9.17) is 9.47 Å². The van der Waals surface area contributed by atoms with Crippen LogP contribution in [0.4, 0.5) is 0 Å². The van der Waals surface area contributed by atoms with Crippen LogP contribution in [0.3, 0.4) is 0 Å². The van der Waals surface area contributed by atoms with Gasteiger partial charge >= 0.3 is 0 Å². The van der Waals surface area contributed by atoms with Crippen molar-refractivity contribution in [3.8, 4) is 11.8 Å². The van der Waals surface area contributed by atoms with Crippen molar-refractivity contribution in [2.45, 2.75) is 78.8 Å². The van der Waals surface area contributed by atoms with Crippen LogP contribution in [0, 0.1) is 17.2 Å². The molecule has 1 aromatic rings. The fourth-order valence-corrected chi connectivity index (χ4v) is 9.27. The van der Waals surface area contributed by atoms with E-state index in [9.17, 15) is 14.9 Å².